The molecule has 0 aliphatic heterocycles. The number of aliphatic hydroxyl groups is 1. The van der Waals surface area contributed by atoms with Crippen LogP contribution in [0.5, 0.6) is 17.2 Å². The number of aliphatic hydroxyl groups excluding tert-OH is 1. The van der Waals surface area contributed by atoms with Crippen LogP contribution in [0.2, 0.25) is 0 Å². The van der Waals surface area contributed by atoms with E-state index in [1.165, 1.54) is 0 Å². The topological polar surface area (TPSA) is 127 Å². The lowest BCUT2D eigenvalue weighted by atomic mass is 10.0. The quantitative estimate of drug-likeness (QED) is 0.456. The van der Waals surface area contributed by atoms with Crippen LogP contribution in [0.15, 0.2) is 6.07 Å². The summed E-state index contributed by atoms with van der Waals surface area (Å²) >= 11 is 0. The summed E-state index contributed by atoms with van der Waals surface area (Å²) in [5.74, 6) is -3.31. The maximum atomic E-state index is 10.8. The van der Waals surface area contributed by atoms with Crippen molar-refractivity contribution < 1.29 is 35.1 Å². The van der Waals surface area contributed by atoms with E-state index in [0.29, 0.717) is 0 Å². The highest BCUT2D eigenvalue weighted by atomic mass is 16.5. The van der Waals surface area contributed by atoms with E-state index in [4.69, 9.17) is 14.9 Å². The molecule has 0 fully saturated rings. The summed E-state index contributed by atoms with van der Waals surface area (Å²) in [4.78, 5) is 10.8. The van der Waals surface area contributed by atoms with Gasteiger partial charge in [-0.15, -0.1) is 0 Å². The second-order valence-corrected chi connectivity index (χ2v) is 3.51. The summed E-state index contributed by atoms with van der Waals surface area (Å²) < 4.78 is 4.95. The molecule has 0 aliphatic rings. The molecule has 0 aromatic heterocycles. The zero-order chi connectivity index (χ0) is 13.7. The molecule has 0 unspecified atom stereocenters. The van der Waals surface area contributed by atoms with Gasteiger partial charge in [0.1, 0.15) is 22.8 Å². The Morgan fingerprint density at radius 3 is 2.39 bits per heavy atom. The summed E-state index contributed by atoms with van der Waals surface area (Å²) in [7, 11) is 0. The Balaban J connectivity index is 2.97. The molecule has 0 bridgehead atoms. The number of aromatic carboxylic acids is 1. The summed E-state index contributed by atoms with van der Waals surface area (Å²) in [6.07, 6.45) is 0.0538. The number of carboxylic acids is 1. The third-order valence-electron chi connectivity index (χ3n) is 2.31. The Kier molecular flexibility index (Phi) is 4.75. The average molecular weight is 258 g/mol. The zero-order valence-electron chi connectivity index (χ0n) is 9.46. The normalized spacial score (nSPS) is 10.5. The van der Waals surface area contributed by atoms with Crippen molar-refractivity contribution in [3.05, 3.63) is 17.2 Å². The van der Waals surface area contributed by atoms with Crippen molar-refractivity contribution in [1.82, 2.24) is 0 Å². The van der Waals surface area contributed by atoms with Gasteiger partial charge in [-0.3, -0.25) is 0 Å². The van der Waals surface area contributed by atoms with Gasteiger partial charge in [-0.1, -0.05) is 0 Å². The summed E-state index contributed by atoms with van der Waals surface area (Å²) in [5.41, 5.74) is -0.687. The minimum absolute atomic E-state index is 0.0249. The second-order valence-electron chi connectivity index (χ2n) is 3.51. The molecule has 18 heavy (non-hydrogen) atoms. The number of rotatable bonds is 6. The fourth-order valence-electron chi connectivity index (χ4n) is 1.48. The van der Waals surface area contributed by atoms with E-state index < -0.39 is 28.8 Å². The largest absolute Gasteiger partial charge is 0.507 e. The van der Waals surface area contributed by atoms with E-state index in [1.54, 1.807) is 0 Å². The Morgan fingerprint density at radius 1 is 1.17 bits per heavy atom. The van der Waals surface area contributed by atoms with Gasteiger partial charge in [-0.25, -0.2) is 4.79 Å². The van der Waals surface area contributed by atoms with Crippen LogP contribution in [0.25, 0.3) is 0 Å². The predicted molar refractivity (Wildman–Crippen MR) is 60.0 cm³/mol. The second kappa shape index (κ2) is 6.08. The first-order chi connectivity index (χ1) is 8.49. The van der Waals surface area contributed by atoms with Gasteiger partial charge in [0.2, 0.25) is 0 Å². The number of hydrogen-bond acceptors (Lipinski definition) is 6. The minimum Gasteiger partial charge on any atom is -0.507 e. The fourth-order valence-corrected chi connectivity index (χ4v) is 1.48. The van der Waals surface area contributed by atoms with Crippen molar-refractivity contribution in [2.24, 2.45) is 0 Å². The first kappa shape index (κ1) is 14.1. The first-order valence-electron chi connectivity index (χ1n) is 5.17. The average Bonchev–Trinajstić information content (AvgIpc) is 2.26. The summed E-state index contributed by atoms with van der Waals surface area (Å²) in [6.45, 7) is 0.0326. The van der Waals surface area contributed by atoms with Gasteiger partial charge in [0.15, 0.2) is 0 Å². The third kappa shape index (κ3) is 3.02. The molecular weight excluding hydrogens is 244 g/mol. The fraction of sp³-hybridized carbons (Fsp3) is 0.364. The minimum atomic E-state index is -1.50. The maximum Gasteiger partial charge on any atom is 0.343 e. The van der Waals surface area contributed by atoms with Crippen molar-refractivity contribution in [3.8, 4) is 17.2 Å². The number of phenols is 3. The molecule has 0 saturated carbocycles. The molecule has 7 heteroatoms. The lowest BCUT2D eigenvalue weighted by Gasteiger charge is -2.11. The molecule has 0 atom stereocenters. The molecular formula is C11H14O7. The van der Waals surface area contributed by atoms with Gasteiger partial charge in [0.05, 0.1) is 19.8 Å². The molecule has 0 aliphatic carbocycles. The molecule has 100 valence electrons. The molecule has 1 aromatic carbocycles. The molecule has 0 heterocycles. The van der Waals surface area contributed by atoms with Crippen LogP contribution in [0.3, 0.4) is 0 Å². The van der Waals surface area contributed by atoms with E-state index in [2.05, 4.69) is 0 Å². The van der Waals surface area contributed by atoms with Crippen molar-refractivity contribution in [3.63, 3.8) is 0 Å². The van der Waals surface area contributed by atoms with E-state index in [-0.39, 0.29) is 31.8 Å². The summed E-state index contributed by atoms with van der Waals surface area (Å²) in [6, 6.07) is 0.852. The molecule has 7 nitrogen and oxygen atoms in total. The molecule has 5 N–H and O–H groups in total. The third-order valence-corrected chi connectivity index (χ3v) is 2.31. The Labute approximate surface area is 103 Å². The molecule has 0 spiro atoms. The number of benzene rings is 1. The van der Waals surface area contributed by atoms with Crippen LogP contribution >= 0.6 is 0 Å². The number of carboxylic acid groups (broad SMARTS) is 1. The predicted octanol–water partition coefficient (Wildman–Crippen LogP) is 0.0530. The lowest BCUT2D eigenvalue weighted by Crippen LogP contribution is -2.05. The SMILES string of the molecule is O=C(O)c1c(O)cc(O)c(CCOCCO)c1O. The van der Waals surface area contributed by atoms with Crippen LogP contribution in [0.4, 0.5) is 0 Å². The van der Waals surface area contributed by atoms with E-state index in [0.717, 1.165) is 6.07 Å². The van der Waals surface area contributed by atoms with Gasteiger partial charge in [0, 0.05) is 18.1 Å². The molecule has 0 radical (unpaired) electrons. The van der Waals surface area contributed by atoms with E-state index >= 15 is 0 Å². The van der Waals surface area contributed by atoms with E-state index in [1.807, 2.05) is 0 Å². The van der Waals surface area contributed by atoms with Gasteiger partial charge in [-0.2, -0.15) is 0 Å². The Bertz CT molecular complexity index is 442. The maximum absolute atomic E-state index is 10.8. The van der Waals surface area contributed by atoms with Crippen molar-refractivity contribution in [1.29, 1.82) is 0 Å². The van der Waals surface area contributed by atoms with Crippen LogP contribution in [-0.4, -0.2) is 51.3 Å². The van der Waals surface area contributed by atoms with Gasteiger partial charge < -0.3 is 30.3 Å². The van der Waals surface area contributed by atoms with Crippen molar-refractivity contribution in [2.75, 3.05) is 19.8 Å². The van der Waals surface area contributed by atoms with Gasteiger partial charge in [0.25, 0.3) is 0 Å². The van der Waals surface area contributed by atoms with Gasteiger partial charge in [-0.05, 0) is 0 Å². The Morgan fingerprint density at radius 2 is 1.83 bits per heavy atom. The highest BCUT2D eigenvalue weighted by molar-refractivity contribution is 5.95. The van der Waals surface area contributed by atoms with Crippen LogP contribution in [0, 0.1) is 0 Å². The summed E-state index contributed by atoms with van der Waals surface area (Å²) in [5, 5.41) is 45.8. The van der Waals surface area contributed by atoms with Crippen LogP contribution in [-0.2, 0) is 11.2 Å². The smallest absolute Gasteiger partial charge is 0.343 e. The first-order valence-corrected chi connectivity index (χ1v) is 5.17. The Hall–Kier alpha value is -1.99. The van der Waals surface area contributed by atoms with Crippen LogP contribution in [0.1, 0.15) is 15.9 Å². The van der Waals surface area contributed by atoms with Crippen molar-refractivity contribution >= 4 is 5.97 Å². The number of phenolic OH excluding ortho intramolecular Hbond substituents is 1. The zero-order valence-corrected chi connectivity index (χ0v) is 9.46. The highest BCUT2D eigenvalue weighted by Gasteiger charge is 2.21. The highest BCUT2D eigenvalue weighted by Crippen LogP contribution is 2.37. The lowest BCUT2D eigenvalue weighted by molar-refractivity contribution is 0.0689. The van der Waals surface area contributed by atoms with Crippen LogP contribution < -0.4 is 0 Å². The number of hydrogen-bond donors (Lipinski definition) is 5. The molecule has 0 amide bonds. The number of carbonyl (C=O) groups is 1. The standard InChI is InChI=1S/C11H14O7/c12-2-4-18-3-1-6-7(13)5-8(14)9(10(6)15)11(16)17/h5,12-15H,1-4H2,(H,16,17). The number of aromatic hydroxyl groups is 3. The molecule has 0 saturated heterocycles. The molecule has 1 rings (SSSR count). The van der Waals surface area contributed by atoms with Crippen molar-refractivity contribution in [2.45, 2.75) is 6.42 Å². The van der Waals surface area contributed by atoms with Gasteiger partial charge >= 0.3 is 5.97 Å². The van der Waals surface area contributed by atoms with E-state index in [9.17, 15) is 20.1 Å². The molecule has 1 aromatic rings. The number of ether oxygens (including phenoxy) is 1. The monoisotopic (exact) mass is 258 g/mol.